The first kappa shape index (κ1) is 14.6. The highest BCUT2D eigenvalue weighted by molar-refractivity contribution is 5.29. The van der Waals surface area contributed by atoms with Crippen molar-refractivity contribution in [3.63, 3.8) is 0 Å². The van der Waals surface area contributed by atoms with Gasteiger partial charge in [-0.1, -0.05) is 24.2 Å². The van der Waals surface area contributed by atoms with Gasteiger partial charge in [0.2, 0.25) is 0 Å². The molecule has 0 aliphatic carbocycles. The summed E-state index contributed by atoms with van der Waals surface area (Å²) in [7, 11) is 0. The molecule has 1 atom stereocenters. The molecule has 0 bridgehead atoms. The number of nitrogens with one attached hydrogen (secondary N) is 1. The van der Waals surface area contributed by atoms with Gasteiger partial charge in [0.25, 0.3) is 0 Å². The van der Waals surface area contributed by atoms with Gasteiger partial charge in [0.05, 0.1) is 11.3 Å². The van der Waals surface area contributed by atoms with Crippen LogP contribution in [0, 0.1) is 13.8 Å². The summed E-state index contributed by atoms with van der Waals surface area (Å²) in [5.74, 6) is 1.68. The van der Waals surface area contributed by atoms with E-state index in [0.717, 1.165) is 29.3 Å². The van der Waals surface area contributed by atoms with Crippen LogP contribution in [0.5, 0.6) is 5.75 Å². The van der Waals surface area contributed by atoms with Gasteiger partial charge in [0.1, 0.15) is 18.1 Å². The monoisotopic (exact) mass is 274 g/mol. The Labute approximate surface area is 120 Å². The molecule has 2 rings (SSSR count). The molecule has 1 unspecified atom stereocenters. The van der Waals surface area contributed by atoms with Gasteiger partial charge < -0.3 is 14.6 Å². The molecule has 2 aromatic rings. The second-order valence-corrected chi connectivity index (χ2v) is 4.94. The Bertz CT molecular complexity index is 527. The lowest BCUT2D eigenvalue weighted by Crippen LogP contribution is -2.17. The number of nitrogens with zero attached hydrogens (tertiary/aromatic N) is 1. The topological polar surface area (TPSA) is 47.3 Å². The smallest absolute Gasteiger partial charge is 0.140 e. The zero-order chi connectivity index (χ0) is 14.5. The van der Waals surface area contributed by atoms with Crippen LogP contribution < -0.4 is 10.1 Å². The van der Waals surface area contributed by atoms with E-state index in [1.165, 1.54) is 5.56 Å². The number of hydrogen-bond donors (Lipinski definition) is 1. The quantitative estimate of drug-likeness (QED) is 0.875. The van der Waals surface area contributed by atoms with E-state index in [1.54, 1.807) is 0 Å². The largest absolute Gasteiger partial charge is 0.489 e. The molecule has 1 heterocycles. The molecular weight excluding hydrogens is 252 g/mol. The molecule has 4 heteroatoms. The maximum absolute atomic E-state index is 5.79. The van der Waals surface area contributed by atoms with Gasteiger partial charge in [-0.15, -0.1) is 0 Å². The van der Waals surface area contributed by atoms with E-state index in [0.29, 0.717) is 12.6 Å². The van der Waals surface area contributed by atoms with Crippen LogP contribution in [-0.2, 0) is 6.61 Å². The van der Waals surface area contributed by atoms with Gasteiger partial charge >= 0.3 is 0 Å². The highest BCUT2D eigenvalue weighted by atomic mass is 16.5. The van der Waals surface area contributed by atoms with Crippen molar-refractivity contribution in [2.75, 3.05) is 6.54 Å². The average molecular weight is 274 g/mol. The third-order valence-electron chi connectivity index (χ3n) is 3.45. The van der Waals surface area contributed by atoms with Crippen molar-refractivity contribution in [1.82, 2.24) is 10.5 Å². The van der Waals surface area contributed by atoms with E-state index < -0.39 is 0 Å². The molecule has 0 spiro atoms. The minimum absolute atomic E-state index is 0.358. The maximum Gasteiger partial charge on any atom is 0.140 e. The van der Waals surface area contributed by atoms with Crippen molar-refractivity contribution < 1.29 is 9.26 Å². The third kappa shape index (κ3) is 3.39. The number of rotatable bonds is 6. The molecule has 0 saturated carbocycles. The summed E-state index contributed by atoms with van der Waals surface area (Å²) in [4.78, 5) is 0. The summed E-state index contributed by atoms with van der Waals surface area (Å²) < 4.78 is 10.9. The van der Waals surface area contributed by atoms with Crippen molar-refractivity contribution >= 4 is 0 Å². The molecule has 4 nitrogen and oxygen atoms in total. The van der Waals surface area contributed by atoms with Gasteiger partial charge in [0.15, 0.2) is 0 Å². The Kier molecular flexibility index (Phi) is 4.79. The fourth-order valence-electron chi connectivity index (χ4n) is 2.14. The molecule has 1 N–H and O–H groups in total. The fraction of sp³-hybridized carbons (Fsp3) is 0.438. The van der Waals surface area contributed by atoms with Gasteiger partial charge in [-0.3, -0.25) is 0 Å². The first-order valence-corrected chi connectivity index (χ1v) is 6.99. The van der Waals surface area contributed by atoms with Crippen LogP contribution in [0.15, 0.2) is 28.8 Å². The van der Waals surface area contributed by atoms with Crippen LogP contribution in [0.1, 0.15) is 42.5 Å². The van der Waals surface area contributed by atoms with Crippen molar-refractivity contribution in [3.8, 4) is 5.75 Å². The highest BCUT2D eigenvalue weighted by Crippen LogP contribution is 2.20. The minimum Gasteiger partial charge on any atom is -0.489 e. The van der Waals surface area contributed by atoms with Gasteiger partial charge in [-0.05, 0) is 45.0 Å². The second kappa shape index (κ2) is 6.57. The van der Waals surface area contributed by atoms with Gasteiger partial charge in [-0.25, -0.2) is 0 Å². The molecule has 0 amide bonds. The summed E-state index contributed by atoms with van der Waals surface area (Å²) in [5, 5.41) is 7.31. The molecule has 0 aliphatic heterocycles. The number of aryl methyl sites for hydroxylation is 2. The summed E-state index contributed by atoms with van der Waals surface area (Å²) in [5.41, 5.74) is 3.17. The zero-order valence-electron chi connectivity index (χ0n) is 12.6. The van der Waals surface area contributed by atoms with Crippen molar-refractivity contribution in [2.24, 2.45) is 0 Å². The predicted molar refractivity (Wildman–Crippen MR) is 78.8 cm³/mol. The van der Waals surface area contributed by atoms with E-state index in [4.69, 9.17) is 9.26 Å². The molecule has 0 fully saturated rings. The summed E-state index contributed by atoms with van der Waals surface area (Å²) >= 11 is 0. The van der Waals surface area contributed by atoms with E-state index in [-0.39, 0.29) is 0 Å². The third-order valence-corrected chi connectivity index (χ3v) is 3.45. The van der Waals surface area contributed by atoms with Crippen LogP contribution in [0.3, 0.4) is 0 Å². The molecule has 0 saturated heterocycles. The Morgan fingerprint density at radius 3 is 2.50 bits per heavy atom. The van der Waals surface area contributed by atoms with Crippen LogP contribution in [-0.4, -0.2) is 11.7 Å². The van der Waals surface area contributed by atoms with Crippen molar-refractivity contribution in [1.29, 1.82) is 0 Å². The van der Waals surface area contributed by atoms with Gasteiger partial charge in [0, 0.05) is 6.04 Å². The summed E-state index contributed by atoms with van der Waals surface area (Å²) in [6.45, 7) is 9.55. The first-order chi connectivity index (χ1) is 9.61. The number of hydrogen-bond acceptors (Lipinski definition) is 4. The number of ether oxygens (including phenoxy) is 1. The molecule has 1 aromatic heterocycles. The standard InChI is InChI=1S/C16H22N2O2/c1-5-17-11(2)14-6-8-15(9-7-14)19-10-16-12(3)18-20-13(16)4/h6-9,11,17H,5,10H2,1-4H3. The lowest BCUT2D eigenvalue weighted by Gasteiger charge is -2.13. The van der Waals surface area contributed by atoms with Crippen LogP contribution in [0.2, 0.25) is 0 Å². The predicted octanol–water partition coefficient (Wildman–Crippen LogP) is 3.54. The second-order valence-electron chi connectivity index (χ2n) is 4.94. The average Bonchev–Trinajstić information content (AvgIpc) is 2.77. The normalized spacial score (nSPS) is 12.4. The number of aromatic nitrogens is 1. The van der Waals surface area contributed by atoms with E-state index in [1.807, 2.05) is 26.0 Å². The first-order valence-electron chi connectivity index (χ1n) is 6.99. The fourth-order valence-corrected chi connectivity index (χ4v) is 2.14. The molecule has 0 aliphatic rings. The summed E-state index contributed by atoms with van der Waals surface area (Å²) in [6.07, 6.45) is 0. The molecular formula is C16H22N2O2. The summed E-state index contributed by atoms with van der Waals surface area (Å²) in [6, 6.07) is 8.55. The molecule has 108 valence electrons. The molecule has 20 heavy (non-hydrogen) atoms. The Balaban J connectivity index is 1.97. The van der Waals surface area contributed by atoms with Crippen LogP contribution in [0.4, 0.5) is 0 Å². The zero-order valence-corrected chi connectivity index (χ0v) is 12.6. The lowest BCUT2D eigenvalue weighted by atomic mass is 10.1. The van der Waals surface area contributed by atoms with Gasteiger partial charge in [-0.2, -0.15) is 0 Å². The highest BCUT2D eigenvalue weighted by Gasteiger charge is 2.09. The molecule has 1 aromatic carbocycles. The van der Waals surface area contributed by atoms with E-state index in [9.17, 15) is 0 Å². The van der Waals surface area contributed by atoms with Crippen molar-refractivity contribution in [2.45, 2.75) is 40.3 Å². The number of benzene rings is 1. The SMILES string of the molecule is CCNC(C)c1ccc(OCc2c(C)noc2C)cc1. The maximum atomic E-state index is 5.79. The minimum atomic E-state index is 0.358. The Hall–Kier alpha value is -1.81. The Morgan fingerprint density at radius 1 is 1.25 bits per heavy atom. The lowest BCUT2D eigenvalue weighted by molar-refractivity contribution is 0.301. The van der Waals surface area contributed by atoms with E-state index >= 15 is 0 Å². The Morgan fingerprint density at radius 2 is 1.95 bits per heavy atom. The van der Waals surface area contributed by atoms with Crippen molar-refractivity contribution in [3.05, 3.63) is 46.8 Å². The van der Waals surface area contributed by atoms with Crippen LogP contribution >= 0.6 is 0 Å². The van der Waals surface area contributed by atoms with Crippen LogP contribution in [0.25, 0.3) is 0 Å². The molecule has 0 radical (unpaired) electrons. The van der Waals surface area contributed by atoms with E-state index in [2.05, 4.69) is 36.5 Å².